The zero-order valence-corrected chi connectivity index (χ0v) is 28.2. The van der Waals surface area contributed by atoms with Crippen LogP contribution in [-0.4, -0.2) is 18.3 Å². The van der Waals surface area contributed by atoms with Crippen LogP contribution >= 0.6 is 0 Å². The Bertz CT molecular complexity index is 2380. The molecule has 1 fully saturated rings. The number of benzene rings is 7. The van der Waals surface area contributed by atoms with Crippen LogP contribution in [0.15, 0.2) is 146 Å². The normalized spacial score (nSPS) is 17.6. The van der Waals surface area contributed by atoms with Crippen molar-refractivity contribution in [2.24, 2.45) is 0 Å². The summed E-state index contributed by atoms with van der Waals surface area (Å²) in [7, 11) is -0.439. The molecule has 7 aromatic rings. The van der Waals surface area contributed by atoms with Gasteiger partial charge in [-0.3, -0.25) is 0 Å². The molecule has 0 bridgehead atoms. The van der Waals surface area contributed by atoms with Gasteiger partial charge in [0.1, 0.15) is 0 Å². The van der Waals surface area contributed by atoms with Crippen molar-refractivity contribution >= 4 is 51.2 Å². The van der Waals surface area contributed by atoms with Crippen LogP contribution < -0.4 is 10.4 Å². The van der Waals surface area contributed by atoms with Crippen LogP contribution in [0.5, 0.6) is 0 Å². The number of para-hydroxylation sites is 1. The summed E-state index contributed by atoms with van der Waals surface area (Å²) in [4.78, 5) is 2.48. The zero-order chi connectivity index (χ0) is 33.1. The number of anilines is 3. The predicted octanol–water partition coefficient (Wildman–Crippen LogP) is 10.4. The summed E-state index contributed by atoms with van der Waals surface area (Å²) in [6.45, 7) is 8.47. The first-order chi connectivity index (χ1) is 23.8. The Morgan fingerprint density at radius 2 is 0.939 bits per heavy atom. The molecule has 0 N–H and O–H groups in total. The molecule has 0 unspecified atom stereocenters. The van der Waals surface area contributed by atoms with Gasteiger partial charge in [-0.15, -0.1) is 0 Å². The average molecular weight is 634 g/mol. The summed E-state index contributed by atoms with van der Waals surface area (Å²) < 4.78 is 13.2. The van der Waals surface area contributed by atoms with Gasteiger partial charge in [0.25, 0.3) is 0 Å². The van der Waals surface area contributed by atoms with Gasteiger partial charge >= 0.3 is 7.12 Å². The van der Waals surface area contributed by atoms with Crippen LogP contribution in [0.4, 0.5) is 17.1 Å². The molecule has 2 heterocycles. The highest BCUT2D eigenvalue weighted by Gasteiger charge is 2.54. The minimum absolute atomic E-state index is 0.417. The molecule has 1 spiro atoms. The molecule has 3 aliphatic rings. The van der Waals surface area contributed by atoms with Crippen molar-refractivity contribution in [3.8, 4) is 11.1 Å². The summed E-state index contributed by atoms with van der Waals surface area (Å²) in [6.07, 6.45) is 0. The largest absolute Gasteiger partial charge is 0.494 e. The molecule has 1 aliphatic carbocycles. The summed E-state index contributed by atoms with van der Waals surface area (Å²) >= 11 is 0. The van der Waals surface area contributed by atoms with E-state index in [9.17, 15) is 0 Å². The van der Waals surface area contributed by atoms with Gasteiger partial charge in [0, 0.05) is 5.69 Å². The van der Waals surface area contributed by atoms with Crippen LogP contribution in [0.1, 0.15) is 49.9 Å². The molecular formula is C45H36BNO2. The molecule has 0 amide bonds. The molecule has 1 saturated heterocycles. The third-order valence-corrected chi connectivity index (χ3v) is 11.6. The average Bonchev–Trinajstić information content (AvgIpc) is 3.53. The molecule has 3 nitrogen and oxygen atoms in total. The zero-order valence-electron chi connectivity index (χ0n) is 28.2. The van der Waals surface area contributed by atoms with E-state index in [1.165, 1.54) is 66.3 Å². The van der Waals surface area contributed by atoms with Gasteiger partial charge in [-0.05, 0) is 124 Å². The second-order valence-corrected chi connectivity index (χ2v) is 14.8. The fraction of sp³-hybridized carbons (Fsp3) is 0.156. The Balaban J connectivity index is 1.33. The topological polar surface area (TPSA) is 21.7 Å². The predicted molar refractivity (Wildman–Crippen MR) is 203 cm³/mol. The molecule has 236 valence electrons. The van der Waals surface area contributed by atoms with Gasteiger partial charge in [0.2, 0.25) is 0 Å². The lowest BCUT2D eigenvalue weighted by Gasteiger charge is -2.45. The van der Waals surface area contributed by atoms with E-state index in [0.29, 0.717) is 0 Å². The number of rotatable bonds is 2. The molecule has 0 aromatic heterocycles. The monoisotopic (exact) mass is 633 g/mol. The number of hydrogen-bond acceptors (Lipinski definition) is 3. The molecule has 49 heavy (non-hydrogen) atoms. The third kappa shape index (κ3) is 3.87. The van der Waals surface area contributed by atoms with Crippen molar-refractivity contribution in [1.82, 2.24) is 0 Å². The number of hydrogen-bond donors (Lipinski definition) is 0. The first-order valence-electron chi connectivity index (χ1n) is 17.3. The minimum Gasteiger partial charge on any atom is -0.399 e. The highest BCUT2D eigenvalue weighted by Crippen LogP contribution is 2.64. The SMILES string of the molecule is CC1(C)OB(c2ccc3c(c2)-c2ccccc2C32c3cc4ccccc4cc3N(c3ccccc3)c3cc4ccccc4cc32)OC1(C)C. The highest BCUT2D eigenvalue weighted by atomic mass is 16.7. The molecule has 4 heteroatoms. The highest BCUT2D eigenvalue weighted by molar-refractivity contribution is 6.62. The Morgan fingerprint density at radius 1 is 0.449 bits per heavy atom. The maximum absolute atomic E-state index is 6.58. The quantitative estimate of drug-likeness (QED) is 0.177. The van der Waals surface area contributed by atoms with E-state index in [2.05, 4.69) is 178 Å². The maximum atomic E-state index is 6.58. The van der Waals surface area contributed by atoms with Crippen molar-refractivity contribution in [2.75, 3.05) is 4.90 Å². The van der Waals surface area contributed by atoms with E-state index >= 15 is 0 Å². The summed E-state index contributed by atoms with van der Waals surface area (Å²) in [5.74, 6) is 0. The fourth-order valence-electron chi connectivity index (χ4n) is 8.57. The van der Waals surface area contributed by atoms with Crippen molar-refractivity contribution in [3.63, 3.8) is 0 Å². The van der Waals surface area contributed by atoms with E-state index in [-0.39, 0.29) is 0 Å². The van der Waals surface area contributed by atoms with Crippen LogP contribution in [0, 0.1) is 0 Å². The second-order valence-electron chi connectivity index (χ2n) is 14.8. The lowest BCUT2D eigenvalue weighted by molar-refractivity contribution is 0.00578. The minimum atomic E-state index is -0.551. The van der Waals surface area contributed by atoms with Crippen molar-refractivity contribution < 1.29 is 9.31 Å². The van der Waals surface area contributed by atoms with E-state index in [1.54, 1.807) is 0 Å². The van der Waals surface area contributed by atoms with Crippen molar-refractivity contribution in [3.05, 3.63) is 168 Å². The summed E-state index contributed by atoms with van der Waals surface area (Å²) in [6, 6.07) is 54.0. The second kappa shape index (κ2) is 9.95. The summed E-state index contributed by atoms with van der Waals surface area (Å²) in [5.41, 5.74) is 10.8. The van der Waals surface area contributed by atoms with E-state index in [1.807, 2.05) is 0 Å². The van der Waals surface area contributed by atoms with Gasteiger partial charge in [0.05, 0.1) is 28.0 Å². The molecule has 0 saturated carbocycles. The molecule has 0 atom stereocenters. The van der Waals surface area contributed by atoms with E-state index in [4.69, 9.17) is 9.31 Å². The third-order valence-electron chi connectivity index (χ3n) is 11.6. The Kier molecular flexibility index (Phi) is 5.85. The van der Waals surface area contributed by atoms with Crippen molar-refractivity contribution in [2.45, 2.75) is 44.3 Å². The van der Waals surface area contributed by atoms with Gasteiger partial charge < -0.3 is 14.2 Å². The first-order valence-corrected chi connectivity index (χ1v) is 17.3. The lowest BCUT2D eigenvalue weighted by Crippen LogP contribution is -2.41. The first kappa shape index (κ1) is 28.8. The van der Waals surface area contributed by atoms with Crippen molar-refractivity contribution in [1.29, 1.82) is 0 Å². The smallest absolute Gasteiger partial charge is 0.399 e. The van der Waals surface area contributed by atoms with Gasteiger partial charge in [-0.1, -0.05) is 109 Å². The molecule has 10 rings (SSSR count). The van der Waals surface area contributed by atoms with Crippen LogP contribution in [0.2, 0.25) is 0 Å². The standard InChI is InChI=1S/C45H36BNO2/c1-43(2)44(3,4)49-46(48-43)33-22-23-38-36(28-33)35-20-12-13-21-37(35)45(38)39-24-29-14-8-10-16-31(29)26-41(39)47(34-18-6-5-7-19-34)42-27-32-17-11-9-15-30(32)25-40(42)45/h5-28H,1-4H3. The Morgan fingerprint density at radius 3 is 1.53 bits per heavy atom. The lowest BCUT2D eigenvalue weighted by atomic mass is 9.63. The molecule has 0 radical (unpaired) electrons. The molecular weight excluding hydrogens is 597 g/mol. The van der Waals surface area contributed by atoms with E-state index < -0.39 is 23.7 Å². The fourth-order valence-corrected chi connectivity index (χ4v) is 8.57. The van der Waals surface area contributed by atoms with Gasteiger partial charge in [-0.25, -0.2) is 0 Å². The Hall–Kier alpha value is -5.16. The van der Waals surface area contributed by atoms with Crippen LogP contribution in [0.3, 0.4) is 0 Å². The number of fused-ring (bicyclic) bond motifs is 11. The van der Waals surface area contributed by atoms with Crippen LogP contribution in [-0.2, 0) is 14.7 Å². The van der Waals surface area contributed by atoms with Crippen LogP contribution in [0.25, 0.3) is 32.7 Å². The molecule has 7 aromatic carbocycles. The van der Waals surface area contributed by atoms with Gasteiger partial charge in [0.15, 0.2) is 0 Å². The van der Waals surface area contributed by atoms with E-state index in [0.717, 1.165) is 11.2 Å². The maximum Gasteiger partial charge on any atom is 0.494 e. The summed E-state index contributed by atoms with van der Waals surface area (Å²) in [5, 5.41) is 4.92. The molecule has 2 aliphatic heterocycles. The number of nitrogens with zero attached hydrogens (tertiary/aromatic N) is 1. The Labute approximate surface area is 287 Å². The van der Waals surface area contributed by atoms with Gasteiger partial charge in [-0.2, -0.15) is 0 Å².